The molecule has 0 spiro atoms. The minimum absolute atomic E-state index is 0.0717. The van der Waals surface area contributed by atoms with Gasteiger partial charge in [0.25, 0.3) is 0 Å². The molecular formula is C16H17N3O. The molecule has 1 aliphatic rings. The van der Waals surface area contributed by atoms with E-state index in [9.17, 15) is 4.79 Å². The van der Waals surface area contributed by atoms with E-state index in [1.807, 2.05) is 13.1 Å². The largest absolute Gasteiger partial charge is 0.364 e. The number of nitrogens with zero attached hydrogens (tertiary/aromatic N) is 2. The average Bonchev–Trinajstić information content (AvgIpc) is 2.90. The molecule has 0 amide bonds. The third kappa shape index (κ3) is 2.13. The molecule has 0 fully saturated rings. The van der Waals surface area contributed by atoms with Crippen LogP contribution in [-0.2, 0) is 11.2 Å². The van der Waals surface area contributed by atoms with Gasteiger partial charge in [0.2, 0.25) is 0 Å². The van der Waals surface area contributed by atoms with Crippen molar-refractivity contribution in [1.29, 1.82) is 0 Å². The predicted octanol–water partition coefficient (Wildman–Crippen LogP) is 2.38. The van der Waals surface area contributed by atoms with Crippen LogP contribution in [0.5, 0.6) is 0 Å². The Hall–Kier alpha value is -2.36. The van der Waals surface area contributed by atoms with Crippen LogP contribution in [0.4, 0.5) is 0 Å². The summed E-state index contributed by atoms with van der Waals surface area (Å²) >= 11 is 0. The number of hydrogen-bond donors (Lipinski definition) is 1. The molecule has 1 aromatic carbocycles. The second-order valence-corrected chi connectivity index (χ2v) is 4.98. The van der Waals surface area contributed by atoms with Gasteiger partial charge in [-0.25, -0.2) is 4.98 Å². The second-order valence-electron chi connectivity index (χ2n) is 4.98. The van der Waals surface area contributed by atoms with Crippen molar-refractivity contribution in [3.05, 3.63) is 65.4 Å². The van der Waals surface area contributed by atoms with Crippen LogP contribution in [0.25, 0.3) is 0 Å². The molecule has 3 rings (SSSR count). The average molecular weight is 267 g/mol. The van der Waals surface area contributed by atoms with Gasteiger partial charge in [-0.2, -0.15) is 0 Å². The van der Waals surface area contributed by atoms with E-state index in [2.05, 4.69) is 39.1 Å². The lowest BCUT2D eigenvalue weighted by atomic mass is 9.90. The number of carbonyl (C=O) groups is 1. The van der Waals surface area contributed by atoms with Gasteiger partial charge in [0.15, 0.2) is 0 Å². The second kappa shape index (κ2) is 5.33. The maximum atomic E-state index is 10.6. The fourth-order valence-corrected chi connectivity index (χ4v) is 2.84. The van der Waals surface area contributed by atoms with Crippen molar-refractivity contribution in [2.24, 2.45) is 0 Å². The molecule has 4 nitrogen and oxygen atoms in total. The lowest BCUT2D eigenvalue weighted by molar-refractivity contribution is -0.104. The molecule has 2 heterocycles. The number of nitrogens with one attached hydrogen (secondary N) is 1. The van der Waals surface area contributed by atoms with Crippen LogP contribution in [0.15, 0.2) is 42.9 Å². The van der Waals surface area contributed by atoms with Gasteiger partial charge in [-0.3, -0.25) is 4.79 Å². The number of aromatic amines is 1. The number of aryl methyl sites for hydroxylation is 1. The van der Waals surface area contributed by atoms with Crippen LogP contribution in [0, 0.1) is 6.92 Å². The number of allylic oxidation sites excluding steroid dienone is 1. The van der Waals surface area contributed by atoms with Crippen molar-refractivity contribution in [3.8, 4) is 0 Å². The fraction of sp³-hybridized carbons (Fsp3) is 0.250. The van der Waals surface area contributed by atoms with Crippen molar-refractivity contribution in [2.45, 2.75) is 19.4 Å². The number of rotatable bonds is 3. The number of benzene rings is 1. The van der Waals surface area contributed by atoms with E-state index in [1.165, 1.54) is 11.1 Å². The van der Waals surface area contributed by atoms with Crippen LogP contribution < -0.4 is 0 Å². The highest BCUT2D eigenvalue weighted by atomic mass is 16.1. The van der Waals surface area contributed by atoms with Crippen molar-refractivity contribution in [3.63, 3.8) is 0 Å². The summed E-state index contributed by atoms with van der Waals surface area (Å²) in [5.74, 6) is 0. The molecule has 0 aliphatic carbocycles. The third-order valence-corrected chi connectivity index (χ3v) is 3.80. The van der Waals surface area contributed by atoms with Gasteiger partial charge in [0, 0.05) is 18.4 Å². The predicted molar refractivity (Wildman–Crippen MR) is 77.2 cm³/mol. The quantitative estimate of drug-likeness (QED) is 0.686. The number of carbonyl (C=O) groups excluding carboxylic acids is 1. The number of aldehydes is 1. The van der Waals surface area contributed by atoms with Gasteiger partial charge < -0.3 is 9.88 Å². The van der Waals surface area contributed by atoms with E-state index in [4.69, 9.17) is 0 Å². The van der Waals surface area contributed by atoms with Gasteiger partial charge in [-0.05, 0) is 30.5 Å². The van der Waals surface area contributed by atoms with Crippen LogP contribution in [0.1, 0.15) is 28.6 Å². The molecule has 0 bridgehead atoms. The first-order valence-electron chi connectivity index (χ1n) is 6.76. The number of H-pyrrole nitrogens is 1. The Bertz CT molecular complexity index is 645. The van der Waals surface area contributed by atoms with Gasteiger partial charge >= 0.3 is 0 Å². The molecule has 4 heteroatoms. The van der Waals surface area contributed by atoms with Gasteiger partial charge in [-0.1, -0.05) is 24.3 Å². The summed E-state index contributed by atoms with van der Waals surface area (Å²) < 4.78 is 0. The molecule has 0 saturated carbocycles. The van der Waals surface area contributed by atoms with Crippen LogP contribution in [0.2, 0.25) is 0 Å². The number of imidazole rings is 1. The van der Waals surface area contributed by atoms with E-state index in [1.54, 1.807) is 12.4 Å². The number of hydrogen-bond acceptors (Lipinski definition) is 3. The number of fused-ring (bicyclic) bond motifs is 1. The molecule has 1 N–H and O–H groups in total. The maximum Gasteiger partial charge on any atom is 0.144 e. The Morgan fingerprint density at radius 2 is 2.25 bits per heavy atom. The molecule has 1 unspecified atom stereocenters. The lowest BCUT2D eigenvalue weighted by Gasteiger charge is -2.36. The van der Waals surface area contributed by atoms with Crippen LogP contribution in [-0.4, -0.2) is 27.7 Å². The Morgan fingerprint density at radius 1 is 1.40 bits per heavy atom. The number of aromatic nitrogens is 2. The first kappa shape index (κ1) is 12.7. The molecule has 0 radical (unpaired) electrons. The lowest BCUT2D eigenvalue weighted by Crippen LogP contribution is -2.32. The zero-order valence-corrected chi connectivity index (χ0v) is 11.4. The summed E-state index contributed by atoms with van der Waals surface area (Å²) in [5.41, 5.74) is 4.71. The molecule has 2 aromatic rings. The van der Waals surface area contributed by atoms with Crippen molar-refractivity contribution in [2.75, 3.05) is 6.54 Å². The van der Waals surface area contributed by atoms with Gasteiger partial charge in [0.1, 0.15) is 6.29 Å². The Labute approximate surface area is 118 Å². The van der Waals surface area contributed by atoms with E-state index in [0.717, 1.165) is 30.6 Å². The molecule has 0 saturated heterocycles. The summed E-state index contributed by atoms with van der Waals surface area (Å²) in [6.45, 7) is 2.92. The van der Waals surface area contributed by atoms with E-state index in [0.29, 0.717) is 0 Å². The van der Waals surface area contributed by atoms with Crippen molar-refractivity contribution >= 4 is 6.29 Å². The summed E-state index contributed by atoms with van der Waals surface area (Å²) in [7, 11) is 0. The summed E-state index contributed by atoms with van der Waals surface area (Å²) in [6.07, 6.45) is 6.93. The highest BCUT2D eigenvalue weighted by Crippen LogP contribution is 2.35. The van der Waals surface area contributed by atoms with E-state index in [-0.39, 0.29) is 6.04 Å². The van der Waals surface area contributed by atoms with Gasteiger partial charge in [0.05, 0.1) is 18.1 Å². The maximum absolute atomic E-state index is 10.6. The van der Waals surface area contributed by atoms with E-state index < -0.39 is 0 Å². The molecule has 102 valence electrons. The Balaban J connectivity index is 2.10. The minimum atomic E-state index is 0.0717. The zero-order valence-electron chi connectivity index (χ0n) is 11.4. The van der Waals surface area contributed by atoms with Crippen molar-refractivity contribution in [1.82, 2.24) is 14.9 Å². The standard InChI is InChI=1S/C16H17N3O/c1-12-15(18-11-17-12)16-14-6-3-2-5-13(14)7-9-19(16)8-4-10-20/h2-6,8,10-11,16H,7,9H2,1H3,(H,17,18). The summed E-state index contributed by atoms with van der Waals surface area (Å²) in [6, 6.07) is 8.52. The Kier molecular flexibility index (Phi) is 3.37. The highest BCUT2D eigenvalue weighted by Gasteiger charge is 2.29. The molecule has 1 aromatic heterocycles. The summed E-state index contributed by atoms with van der Waals surface area (Å²) in [4.78, 5) is 20.4. The topological polar surface area (TPSA) is 49.0 Å². The zero-order chi connectivity index (χ0) is 13.9. The first-order chi connectivity index (χ1) is 9.81. The van der Waals surface area contributed by atoms with Crippen LogP contribution >= 0.6 is 0 Å². The van der Waals surface area contributed by atoms with Gasteiger partial charge in [-0.15, -0.1) is 0 Å². The molecule has 20 heavy (non-hydrogen) atoms. The first-order valence-corrected chi connectivity index (χ1v) is 6.76. The smallest absolute Gasteiger partial charge is 0.144 e. The fourth-order valence-electron chi connectivity index (χ4n) is 2.84. The summed E-state index contributed by atoms with van der Waals surface area (Å²) in [5, 5.41) is 0. The molecular weight excluding hydrogens is 250 g/mol. The third-order valence-electron chi connectivity index (χ3n) is 3.80. The Morgan fingerprint density at radius 3 is 3.00 bits per heavy atom. The monoisotopic (exact) mass is 267 g/mol. The molecule has 1 aliphatic heterocycles. The van der Waals surface area contributed by atoms with Crippen LogP contribution in [0.3, 0.4) is 0 Å². The normalized spacial score (nSPS) is 18.2. The molecule has 1 atom stereocenters. The SMILES string of the molecule is Cc1[nH]cnc1C1c2ccccc2CCN1C=CC=O. The van der Waals surface area contributed by atoms with E-state index >= 15 is 0 Å². The highest BCUT2D eigenvalue weighted by molar-refractivity contribution is 5.64. The van der Waals surface area contributed by atoms with Crippen molar-refractivity contribution < 1.29 is 4.79 Å². The minimum Gasteiger partial charge on any atom is -0.364 e.